The molecule has 1 amide bonds. The van der Waals surface area contributed by atoms with Crippen LogP contribution in [0, 0.1) is 10.7 Å². The Labute approximate surface area is 120 Å². The van der Waals surface area contributed by atoms with Crippen molar-refractivity contribution in [3.05, 3.63) is 29.8 Å². The third-order valence-corrected chi connectivity index (χ3v) is 5.05. The van der Waals surface area contributed by atoms with Crippen molar-refractivity contribution in [1.29, 1.82) is 4.78 Å². The lowest BCUT2D eigenvalue weighted by molar-refractivity contribution is 0.0923. The highest BCUT2D eigenvalue weighted by Crippen LogP contribution is 2.23. The van der Waals surface area contributed by atoms with Crippen LogP contribution in [-0.2, 0) is 9.73 Å². The van der Waals surface area contributed by atoms with Crippen LogP contribution in [0.25, 0.3) is 0 Å². The molecule has 2 rings (SSSR count). The van der Waals surface area contributed by atoms with Gasteiger partial charge in [-0.15, -0.1) is 0 Å². The number of nitrogens with one attached hydrogen (secondary N) is 2. The third-order valence-electron chi connectivity index (χ3n) is 3.90. The Kier molecular flexibility index (Phi) is 4.48. The number of carbonyl (C=O) groups excluding carboxylic acids is 1. The first kappa shape index (κ1) is 15.0. The van der Waals surface area contributed by atoms with Crippen LogP contribution < -0.4 is 5.32 Å². The molecule has 20 heavy (non-hydrogen) atoms. The van der Waals surface area contributed by atoms with Gasteiger partial charge in [-0.3, -0.25) is 4.79 Å². The molecule has 0 saturated heterocycles. The molecule has 1 unspecified atom stereocenters. The summed E-state index contributed by atoms with van der Waals surface area (Å²) in [7, 11) is -2.78. The summed E-state index contributed by atoms with van der Waals surface area (Å²) in [4.78, 5) is 12.6. The lowest BCUT2D eigenvalue weighted by Gasteiger charge is -2.26. The smallest absolute Gasteiger partial charge is 0.251 e. The third kappa shape index (κ3) is 3.82. The van der Waals surface area contributed by atoms with Gasteiger partial charge < -0.3 is 5.32 Å². The molecule has 0 bridgehead atoms. The fourth-order valence-corrected chi connectivity index (χ4v) is 3.24. The van der Waals surface area contributed by atoms with Crippen LogP contribution in [0.5, 0.6) is 0 Å². The first-order valence-corrected chi connectivity index (χ1v) is 8.97. The van der Waals surface area contributed by atoms with E-state index in [9.17, 15) is 9.00 Å². The molecule has 1 aliphatic carbocycles. The second-order valence-corrected chi connectivity index (χ2v) is 7.96. The van der Waals surface area contributed by atoms with E-state index in [0.29, 0.717) is 10.5 Å². The first-order valence-electron chi connectivity index (χ1n) is 7.01. The van der Waals surface area contributed by atoms with Crippen LogP contribution in [0.15, 0.2) is 29.2 Å². The molecule has 0 spiro atoms. The van der Waals surface area contributed by atoms with E-state index in [2.05, 4.69) is 12.2 Å². The maximum atomic E-state index is 12.2. The molecule has 4 nitrogen and oxygen atoms in total. The Balaban J connectivity index is 2.06. The number of amides is 1. The van der Waals surface area contributed by atoms with Crippen molar-refractivity contribution in [2.45, 2.75) is 43.5 Å². The summed E-state index contributed by atoms with van der Waals surface area (Å²) in [6.45, 7) is 2.24. The maximum Gasteiger partial charge on any atom is 0.251 e. The fourth-order valence-electron chi connectivity index (χ4n) is 2.55. The average Bonchev–Trinajstić information content (AvgIpc) is 2.40. The normalized spacial score (nSPS) is 25.7. The molecular formula is C15H22N2O2S. The van der Waals surface area contributed by atoms with Gasteiger partial charge in [0.15, 0.2) is 0 Å². The number of hydrogen-bond acceptors (Lipinski definition) is 3. The summed E-state index contributed by atoms with van der Waals surface area (Å²) < 4.78 is 19.3. The monoisotopic (exact) mass is 294 g/mol. The lowest BCUT2D eigenvalue weighted by atomic mass is 9.87. The summed E-state index contributed by atoms with van der Waals surface area (Å²) in [6.07, 6.45) is 5.72. The Morgan fingerprint density at radius 2 is 1.95 bits per heavy atom. The molecule has 1 aromatic rings. The van der Waals surface area contributed by atoms with Gasteiger partial charge in [0, 0.05) is 22.8 Å². The van der Waals surface area contributed by atoms with Gasteiger partial charge in [-0.2, -0.15) is 0 Å². The van der Waals surface area contributed by atoms with Crippen molar-refractivity contribution in [3.8, 4) is 0 Å². The highest BCUT2D eigenvalue weighted by Gasteiger charge is 2.20. The largest absolute Gasteiger partial charge is 0.349 e. The van der Waals surface area contributed by atoms with Crippen molar-refractivity contribution in [2.24, 2.45) is 5.92 Å². The van der Waals surface area contributed by atoms with E-state index in [0.717, 1.165) is 31.6 Å². The van der Waals surface area contributed by atoms with E-state index >= 15 is 0 Å². The molecule has 1 aromatic carbocycles. The van der Waals surface area contributed by atoms with Crippen molar-refractivity contribution >= 4 is 15.6 Å². The van der Waals surface area contributed by atoms with Gasteiger partial charge >= 0.3 is 0 Å². The molecule has 110 valence electrons. The molecule has 0 heterocycles. The minimum atomic E-state index is -2.78. The van der Waals surface area contributed by atoms with Gasteiger partial charge in [-0.05, 0) is 49.8 Å². The van der Waals surface area contributed by atoms with E-state index in [-0.39, 0.29) is 11.9 Å². The van der Waals surface area contributed by atoms with Crippen LogP contribution in [0.2, 0.25) is 0 Å². The summed E-state index contributed by atoms with van der Waals surface area (Å²) >= 11 is 0. The standard InChI is InChI=1S/C15H22N2O2S/c1-11-6-8-13(9-7-11)17-15(18)12-4-3-5-14(10-12)20(2,16)19/h3-5,10-11,13,16H,6-9H2,1-2H3,(H,17,18). The molecule has 5 heteroatoms. The number of benzene rings is 1. The Bertz CT molecular complexity index is 588. The molecule has 0 aliphatic heterocycles. The Morgan fingerprint density at radius 1 is 1.30 bits per heavy atom. The van der Waals surface area contributed by atoms with Crippen molar-refractivity contribution < 1.29 is 9.00 Å². The van der Waals surface area contributed by atoms with E-state index in [1.165, 1.54) is 6.26 Å². The van der Waals surface area contributed by atoms with Gasteiger partial charge in [0.1, 0.15) is 0 Å². The quantitative estimate of drug-likeness (QED) is 0.899. The topological polar surface area (TPSA) is 70.0 Å². The molecule has 1 aliphatic rings. The predicted octanol–water partition coefficient (Wildman–Crippen LogP) is 3.03. The fraction of sp³-hybridized carbons (Fsp3) is 0.533. The average molecular weight is 294 g/mol. The predicted molar refractivity (Wildman–Crippen MR) is 80.4 cm³/mol. The number of rotatable bonds is 3. The maximum absolute atomic E-state index is 12.2. The highest BCUT2D eigenvalue weighted by molar-refractivity contribution is 7.91. The van der Waals surface area contributed by atoms with Crippen LogP contribution in [0.1, 0.15) is 43.0 Å². The summed E-state index contributed by atoms with van der Waals surface area (Å²) in [5.41, 5.74) is 0.489. The zero-order chi connectivity index (χ0) is 14.8. The van der Waals surface area contributed by atoms with Crippen LogP contribution in [0.3, 0.4) is 0 Å². The van der Waals surface area contributed by atoms with Gasteiger partial charge in [0.25, 0.3) is 5.91 Å². The minimum absolute atomic E-state index is 0.130. The molecule has 0 aromatic heterocycles. The van der Waals surface area contributed by atoms with Gasteiger partial charge in [-0.1, -0.05) is 13.0 Å². The molecule has 0 radical (unpaired) electrons. The zero-order valence-corrected chi connectivity index (χ0v) is 12.8. The highest BCUT2D eigenvalue weighted by atomic mass is 32.2. The molecule has 1 atom stereocenters. The van der Waals surface area contributed by atoms with Crippen LogP contribution >= 0.6 is 0 Å². The summed E-state index contributed by atoms with van der Waals surface area (Å²) in [6, 6.07) is 6.83. The second kappa shape index (κ2) is 5.95. The lowest BCUT2D eigenvalue weighted by Crippen LogP contribution is -2.37. The molecular weight excluding hydrogens is 272 g/mol. The van der Waals surface area contributed by atoms with E-state index in [1.54, 1.807) is 24.3 Å². The SMILES string of the molecule is CC1CCC(NC(=O)c2cccc(S(C)(=N)=O)c2)CC1. The van der Waals surface area contributed by atoms with Crippen LogP contribution in [-0.4, -0.2) is 22.4 Å². The van der Waals surface area contributed by atoms with Crippen molar-refractivity contribution in [2.75, 3.05) is 6.26 Å². The summed E-state index contributed by atoms with van der Waals surface area (Å²) in [5.74, 6) is 0.620. The second-order valence-electron chi connectivity index (χ2n) is 5.80. The summed E-state index contributed by atoms with van der Waals surface area (Å²) in [5, 5.41) is 3.04. The molecule has 1 saturated carbocycles. The van der Waals surface area contributed by atoms with Crippen LogP contribution in [0.4, 0.5) is 0 Å². The van der Waals surface area contributed by atoms with Gasteiger partial charge in [0.2, 0.25) is 0 Å². The minimum Gasteiger partial charge on any atom is -0.349 e. The van der Waals surface area contributed by atoms with Gasteiger partial charge in [0.05, 0.1) is 9.73 Å². The zero-order valence-electron chi connectivity index (χ0n) is 12.0. The molecule has 2 N–H and O–H groups in total. The number of carbonyl (C=O) groups is 1. The van der Waals surface area contributed by atoms with E-state index in [1.807, 2.05) is 0 Å². The van der Waals surface area contributed by atoms with E-state index < -0.39 is 9.73 Å². The first-order chi connectivity index (χ1) is 9.36. The van der Waals surface area contributed by atoms with E-state index in [4.69, 9.17) is 4.78 Å². The van der Waals surface area contributed by atoms with Crippen molar-refractivity contribution in [3.63, 3.8) is 0 Å². The van der Waals surface area contributed by atoms with Crippen molar-refractivity contribution in [1.82, 2.24) is 5.32 Å². The Hall–Kier alpha value is -1.36. The van der Waals surface area contributed by atoms with Gasteiger partial charge in [-0.25, -0.2) is 8.99 Å². The Morgan fingerprint density at radius 3 is 2.55 bits per heavy atom. The molecule has 1 fully saturated rings. The number of hydrogen-bond donors (Lipinski definition) is 2.